The predicted octanol–water partition coefficient (Wildman–Crippen LogP) is 5.74. The Hall–Kier alpha value is -3.50. The van der Waals surface area contributed by atoms with Crippen LogP contribution in [-0.2, 0) is 16.1 Å². The molecule has 7 nitrogen and oxygen atoms in total. The van der Waals surface area contributed by atoms with Gasteiger partial charge >= 0.3 is 5.97 Å². The lowest BCUT2D eigenvalue weighted by atomic mass is 10.0. The van der Waals surface area contributed by atoms with E-state index < -0.39 is 5.97 Å². The molecule has 0 atom stereocenters. The van der Waals surface area contributed by atoms with Crippen molar-refractivity contribution in [1.29, 1.82) is 0 Å². The Morgan fingerprint density at radius 3 is 2.49 bits per heavy atom. The number of carbonyl (C=O) groups excluding carboxylic acids is 2. The molecule has 35 heavy (non-hydrogen) atoms. The normalized spacial score (nSPS) is 10.8. The molecule has 1 amide bonds. The van der Waals surface area contributed by atoms with E-state index in [4.69, 9.17) is 4.74 Å². The molecule has 2 aromatic carbocycles. The number of anilines is 1. The lowest BCUT2D eigenvalue weighted by Gasteiger charge is -2.09. The lowest BCUT2D eigenvalue weighted by molar-refractivity contribution is -0.113. The summed E-state index contributed by atoms with van der Waals surface area (Å²) in [5.74, 6) is -0.414. The number of nitrogens with zero attached hydrogens (tertiary/aromatic N) is 3. The zero-order valence-corrected chi connectivity index (χ0v) is 20.8. The molecule has 10 heteroatoms. The maximum atomic E-state index is 13.3. The second-order valence-corrected chi connectivity index (χ2v) is 9.16. The van der Waals surface area contributed by atoms with E-state index in [0.29, 0.717) is 33.7 Å². The van der Waals surface area contributed by atoms with Crippen molar-refractivity contribution < 1.29 is 18.7 Å². The standard InChI is InChI=1S/C25H23FN4O3S2/c1-3-30-22(17-10-12-18(26)13-11-17)28-29-25(30)35-15-20(31)27-23-21(24(32)33-4-2)19(14-34-23)16-8-6-5-7-9-16/h5-14H,3-4,15H2,1-2H3,(H,27,31). The average molecular weight is 511 g/mol. The minimum Gasteiger partial charge on any atom is -0.462 e. The summed E-state index contributed by atoms with van der Waals surface area (Å²) in [6.07, 6.45) is 0. The molecule has 180 valence electrons. The molecule has 0 unspecified atom stereocenters. The SMILES string of the molecule is CCOC(=O)c1c(-c2ccccc2)csc1NC(=O)CSc1nnc(-c2ccc(F)cc2)n1CC. The number of nitrogens with one attached hydrogen (secondary N) is 1. The number of rotatable bonds is 9. The minimum absolute atomic E-state index is 0.0718. The van der Waals surface area contributed by atoms with E-state index in [1.807, 2.05) is 47.2 Å². The highest BCUT2D eigenvalue weighted by Crippen LogP contribution is 2.36. The molecule has 0 radical (unpaired) electrons. The average Bonchev–Trinajstić information content (AvgIpc) is 3.48. The first kappa shape index (κ1) is 24.6. The summed E-state index contributed by atoms with van der Waals surface area (Å²) < 4.78 is 20.4. The molecule has 1 N–H and O–H groups in total. The van der Waals surface area contributed by atoms with E-state index in [1.54, 1.807) is 19.1 Å². The van der Waals surface area contributed by atoms with Crippen molar-refractivity contribution in [3.63, 3.8) is 0 Å². The van der Waals surface area contributed by atoms with Gasteiger partial charge in [0.15, 0.2) is 11.0 Å². The Bertz CT molecular complexity index is 1320. The van der Waals surface area contributed by atoms with Gasteiger partial charge in [-0.3, -0.25) is 4.79 Å². The van der Waals surface area contributed by atoms with E-state index in [0.717, 1.165) is 11.1 Å². The van der Waals surface area contributed by atoms with Crippen LogP contribution >= 0.6 is 23.1 Å². The number of carbonyl (C=O) groups is 2. The maximum Gasteiger partial charge on any atom is 0.341 e. The first-order valence-corrected chi connectivity index (χ1v) is 12.8. The first-order chi connectivity index (χ1) is 17.0. The van der Waals surface area contributed by atoms with Gasteiger partial charge in [-0.1, -0.05) is 42.1 Å². The molecule has 0 aliphatic heterocycles. The Balaban J connectivity index is 1.50. The summed E-state index contributed by atoms with van der Waals surface area (Å²) in [4.78, 5) is 25.5. The van der Waals surface area contributed by atoms with Gasteiger partial charge in [0.05, 0.1) is 12.4 Å². The second-order valence-electron chi connectivity index (χ2n) is 7.33. The summed E-state index contributed by atoms with van der Waals surface area (Å²) >= 11 is 2.52. The highest BCUT2D eigenvalue weighted by atomic mass is 32.2. The largest absolute Gasteiger partial charge is 0.462 e. The maximum absolute atomic E-state index is 13.3. The molecule has 0 bridgehead atoms. The third kappa shape index (κ3) is 5.60. The lowest BCUT2D eigenvalue weighted by Crippen LogP contribution is -2.16. The van der Waals surface area contributed by atoms with Gasteiger partial charge in [-0.05, 0) is 43.7 Å². The summed E-state index contributed by atoms with van der Waals surface area (Å²) in [7, 11) is 0. The van der Waals surface area contributed by atoms with Crippen LogP contribution in [0.1, 0.15) is 24.2 Å². The smallest absolute Gasteiger partial charge is 0.341 e. The molecule has 0 fully saturated rings. The van der Waals surface area contributed by atoms with Crippen LogP contribution in [0.25, 0.3) is 22.5 Å². The fraction of sp³-hybridized carbons (Fsp3) is 0.200. The predicted molar refractivity (Wildman–Crippen MR) is 136 cm³/mol. The van der Waals surface area contributed by atoms with Gasteiger partial charge in [0.25, 0.3) is 0 Å². The van der Waals surface area contributed by atoms with Crippen LogP contribution in [0.5, 0.6) is 0 Å². The number of hydrogen-bond donors (Lipinski definition) is 1. The molecular formula is C25H23FN4O3S2. The molecule has 2 aromatic heterocycles. The fourth-order valence-corrected chi connectivity index (χ4v) is 5.25. The molecular weight excluding hydrogens is 487 g/mol. The molecule has 4 rings (SSSR count). The molecule has 4 aromatic rings. The minimum atomic E-state index is -0.481. The fourth-order valence-electron chi connectivity index (χ4n) is 3.47. The van der Waals surface area contributed by atoms with Crippen molar-refractivity contribution >= 4 is 40.0 Å². The topological polar surface area (TPSA) is 86.1 Å². The molecule has 0 aliphatic carbocycles. The zero-order valence-electron chi connectivity index (χ0n) is 19.2. The van der Waals surface area contributed by atoms with Gasteiger partial charge in [-0.2, -0.15) is 0 Å². The van der Waals surface area contributed by atoms with E-state index in [1.165, 1.54) is 35.2 Å². The number of amides is 1. The van der Waals surface area contributed by atoms with Crippen LogP contribution < -0.4 is 5.32 Å². The zero-order chi connectivity index (χ0) is 24.8. The summed E-state index contributed by atoms with van der Waals surface area (Å²) in [5.41, 5.74) is 2.66. The number of benzene rings is 2. The van der Waals surface area contributed by atoms with Gasteiger partial charge < -0.3 is 14.6 Å². The van der Waals surface area contributed by atoms with Crippen molar-refractivity contribution in [3.05, 3.63) is 71.4 Å². The first-order valence-electron chi connectivity index (χ1n) is 11.0. The number of hydrogen-bond acceptors (Lipinski definition) is 7. The van der Waals surface area contributed by atoms with Gasteiger partial charge in [0, 0.05) is 23.1 Å². The Morgan fingerprint density at radius 2 is 1.80 bits per heavy atom. The number of ether oxygens (including phenoxy) is 1. The van der Waals surface area contributed by atoms with Crippen molar-refractivity contribution in [2.75, 3.05) is 17.7 Å². The highest BCUT2D eigenvalue weighted by molar-refractivity contribution is 7.99. The van der Waals surface area contributed by atoms with Gasteiger partial charge in [-0.15, -0.1) is 21.5 Å². The van der Waals surface area contributed by atoms with Gasteiger partial charge in [0.1, 0.15) is 16.4 Å². The van der Waals surface area contributed by atoms with Crippen LogP contribution in [0, 0.1) is 5.82 Å². The van der Waals surface area contributed by atoms with Crippen LogP contribution in [0.15, 0.2) is 65.1 Å². The number of halogens is 1. The van der Waals surface area contributed by atoms with Crippen LogP contribution in [-0.4, -0.2) is 39.0 Å². The van der Waals surface area contributed by atoms with Crippen molar-refractivity contribution in [2.45, 2.75) is 25.5 Å². The molecule has 0 spiro atoms. The van der Waals surface area contributed by atoms with Gasteiger partial charge in [0.2, 0.25) is 5.91 Å². The van der Waals surface area contributed by atoms with Gasteiger partial charge in [-0.25, -0.2) is 9.18 Å². The molecule has 0 saturated carbocycles. The quantitative estimate of drug-likeness (QED) is 0.228. The second kappa shape index (κ2) is 11.3. The number of thioether (sulfide) groups is 1. The Kier molecular flexibility index (Phi) is 7.94. The van der Waals surface area contributed by atoms with E-state index >= 15 is 0 Å². The molecule has 2 heterocycles. The molecule has 0 saturated heterocycles. The number of aromatic nitrogens is 3. The monoisotopic (exact) mass is 510 g/mol. The van der Waals surface area contributed by atoms with Crippen molar-refractivity contribution in [1.82, 2.24) is 14.8 Å². The van der Waals surface area contributed by atoms with Crippen LogP contribution in [0.2, 0.25) is 0 Å². The molecule has 0 aliphatic rings. The summed E-state index contributed by atoms with van der Waals surface area (Å²) in [6, 6.07) is 15.5. The highest BCUT2D eigenvalue weighted by Gasteiger charge is 2.23. The van der Waals surface area contributed by atoms with Crippen molar-refractivity contribution in [3.8, 4) is 22.5 Å². The number of thiophene rings is 1. The van der Waals surface area contributed by atoms with E-state index in [2.05, 4.69) is 15.5 Å². The van der Waals surface area contributed by atoms with Crippen LogP contribution in [0.3, 0.4) is 0 Å². The summed E-state index contributed by atoms with van der Waals surface area (Å²) in [6.45, 7) is 4.51. The van der Waals surface area contributed by atoms with Crippen molar-refractivity contribution in [2.24, 2.45) is 0 Å². The van der Waals surface area contributed by atoms with E-state index in [9.17, 15) is 14.0 Å². The summed E-state index contributed by atoms with van der Waals surface area (Å²) in [5, 5.41) is 14.1. The Labute approximate surface area is 210 Å². The third-order valence-corrected chi connectivity index (χ3v) is 6.94. The van der Waals surface area contributed by atoms with E-state index in [-0.39, 0.29) is 24.1 Å². The van der Waals surface area contributed by atoms with Crippen LogP contribution in [0.4, 0.5) is 9.39 Å². The number of esters is 1. The third-order valence-electron chi connectivity index (χ3n) is 5.08. The Morgan fingerprint density at radius 1 is 1.06 bits per heavy atom.